The van der Waals surface area contributed by atoms with E-state index in [-0.39, 0.29) is 17.8 Å². The van der Waals surface area contributed by atoms with Gasteiger partial charge in [-0.3, -0.25) is 0 Å². The number of ether oxygens (including phenoxy) is 1. The maximum atomic E-state index is 13.4. The average molecular weight is 237 g/mol. The van der Waals surface area contributed by atoms with Gasteiger partial charge in [-0.15, -0.1) is 0 Å². The fourth-order valence-corrected chi connectivity index (χ4v) is 1.86. The molecule has 4 heteroatoms. The molecule has 0 saturated heterocycles. The summed E-state index contributed by atoms with van der Waals surface area (Å²) in [4.78, 5) is 11.6. The molecule has 0 heterocycles. The molecule has 0 aliphatic heterocycles. The van der Waals surface area contributed by atoms with E-state index in [2.05, 4.69) is 5.32 Å². The lowest BCUT2D eigenvalue weighted by molar-refractivity contribution is -0.142. The zero-order valence-corrected chi connectivity index (χ0v) is 10.00. The van der Waals surface area contributed by atoms with Crippen molar-refractivity contribution in [2.45, 2.75) is 25.8 Å². The molecule has 92 valence electrons. The van der Waals surface area contributed by atoms with Crippen molar-refractivity contribution in [3.05, 3.63) is 29.6 Å². The van der Waals surface area contributed by atoms with Crippen LogP contribution in [0, 0.1) is 18.7 Å². The van der Waals surface area contributed by atoms with E-state index in [0.717, 1.165) is 12.8 Å². The van der Waals surface area contributed by atoms with Crippen LogP contribution in [0.2, 0.25) is 0 Å². The molecular weight excluding hydrogens is 221 g/mol. The zero-order valence-electron chi connectivity index (χ0n) is 10.00. The normalized spacial score (nSPS) is 16.4. The van der Waals surface area contributed by atoms with Crippen molar-refractivity contribution in [1.82, 2.24) is 0 Å². The number of carbonyl (C=O) groups excluding carboxylic acids is 1. The van der Waals surface area contributed by atoms with E-state index >= 15 is 0 Å². The predicted molar refractivity (Wildman–Crippen MR) is 63.3 cm³/mol. The number of anilines is 1. The fourth-order valence-electron chi connectivity index (χ4n) is 1.86. The van der Waals surface area contributed by atoms with Crippen molar-refractivity contribution in [2.24, 2.45) is 5.92 Å². The molecule has 17 heavy (non-hydrogen) atoms. The monoisotopic (exact) mass is 237 g/mol. The second kappa shape index (κ2) is 4.73. The summed E-state index contributed by atoms with van der Waals surface area (Å²) in [6.45, 7) is 1.69. The number of carbonyl (C=O) groups is 1. The van der Waals surface area contributed by atoms with Crippen LogP contribution in [0.25, 0.3) is 0 Å². The Kier molecular flexibility index (Phi) is 3.31. The summed E-state index contributed by atoms with van der Waals surface area (Å²) in [5, 5.41) is 3.09. The summed E-state index contributed by atoms with van der Waals surface area (Å²) in [6, 6.07) is 4.45. The summed E-state index contributed by atoms with van der Waals surface area (Å²) in [5.74, 6) is -0.240. The third-order valence-electron chi connectivity index (χ3n) is 3.13. The van der Waals surface area contributed by atoms with Crippen LogP contribution >= 0.6 is 0 Å². The molecule has 2 rings (SSSR count). The zero-order chi connectivity index (χ0) is 12.4. The van der Waals surface area contributed by atoms with Crippen LogP contribution < -0.4 is 5.32 Å². The Bertz CT molecular complexity index is 429. The summed E-state index contributed by atoms with van der Waals surface area (Å²) in [5.41, 5.74) is 1.19. The minimum Gasteiger partial charge on any atom is -0.467 e. The molecule has 1 fully saturated rings. The second-order valence-electron chi connectivity index (χ2n) is 4.39. The fraction of sp³-hybridized carbons (Fsp3) is 0.462. The Hall–Kier alpha value is -1.58. The summed E-state index contributed by atoms with van der Waals surface area (Å²) < 4.78 is 18.1. The predicted octanol–water partition coefficient (Wildman–Crippen LogP) is 2.50. The number of esters is 1. The highest BCUT2D eigenvalue weighted by molar-refractivity contribution is 5.80. The van der Waals surface area contributed by atoms with E-state index < -0.39 is 0 Å². The molecular formula is C13H16FNO2. The number of rotatable bonds is 4. The van der Waals surface area contributed by atoms with Crippen LogP contribution in [0.5, 0.6) is 0 Å². The standard InChI is InChI=1S/C13H16FNO2/c1-8-10(14)4-3-5-11(8)15-12(9-6-7-9)13(16)17-2/h3-5,9,12,15H,6-7H2,1-2H3. The molecule has 1 aliphatic rings. The molecule has 0 spiro atoms. The van der Waals surface area contributed by atoms with Gasteiger partial charge in [0.05, 0.1) is 7.11 Å². The number of halogens is 1. The lowest BCUT2D eigenvalue weighted by Gasteiger charge is -2.18. The van der Waals surface area contributed by atoms with E-state index in [0.29, 0.717) is 17.2 Å². The molecule has 1 unspecified atom stereocenters. The number of hydrogen-bond donors (Lipinski definition) is 1. The van der Waals surface area contributed by atoms with Crippen molar-refractivity contribution in [3.63, 3.8) is 0 Å². The summed E-state index contributed by atoms with van der Waals surface area (Å²) >= 11 is 0. The van der Waals surface area contributed by atoms with E-state index in [4.69, 9.17) is 4.74 Å². The Morgan fingerprint density at radius 1 is 1.53 bits per heavy atom. The van der Waals surface area contributed by atoms with Crippen molar-refractivity contribution in [1.29, 1.82) is 0 Å². The quantitative estimate of drug-likeness (QED) is 0.818. The Balaban J connectivity index is 2.17. The maximum Gasteiger partial charge on any atom is 0.328 e. The first kappa shape index (κ1) is 11.9. The number of nitrogens with one attached hydrogen (secondary N) is 1. The first-order chi connectivity index (χ1) is 8.13. The van der Waals surface area contributed by atoms with Gasteiger partial charge in [-0.1, -0.05) is 6.07 Å². The van der Waals surface area contributed by atoms with Crippen molar-refractivity contribution in [3.8, 4) is 0 Å². The molecule has 0 bridgehead atoms. The molecule has 1 atom stereocenters. The van der Waals surface area contributed by atoms with Gasteiger partial charge in [0.1, 0.15) is 11.9 Å². The van der Waals surface area contributed by atoms with Gasteiger partial charge >= 0.3 is 5.97 Å². The number of benzene rings is 1. The minimum atomic E-state index is -0.361. The van der Waals surface area contributed by atoms with Crippen molar-refractivity contribution in [2.75, 3.05) is 12.4 Å². The van der Waals surface area contributed by atoms with Gasteiger partial charge in [-0.2, -0.15) is 0 Å². The third-order valence-corrected chi connectivity index (χ3v) is 3.13. The lowest BCUT2D eigenvalue weighted by Crippen LogP contribution is -2.33. The van der Waals surface area contributed by atoms with Crippen molar-refractivity contribution < 1.29 is 13.9 Å². The van der Waals surface area contributed by atoms with E-state index in [1.807, 2.05) is 0 Å². The van der Waals surface area contributed by atoms with Gasteiger partial charge in [0, 0.05) is 11.3 Å². The van der Waals surface area contributed by atoms with Crippen LogP contribution in [-0.4, -0.2) is 19.1 Å². The third kappa shape index (κ3) is 2.57. The van der Waals surface area contributed by atoms with Gasteiger partial charge < -0.3 is 10.1 Å². The van der Waals surface area contributed by atoms with Crippen LogP contribution in [0.1, 0.15) is 18.4 Å². The van der Waals surface area contributed by atoms with Gasteiger partial charge in [0.25, 0.3) is 0 Å². The van der Waals surface area contributed by atoms with Crippen molar-refractivity contribution >= 4 is 11.7 Å². The molecule has 1 saturated carbocycles. The molecule has 1 aliphatic carbocycles. The second-order valence-corrected chi connectivity index (χ2v) is 4.39. The minimum absolute atomic E-state index is 0.269. The van der Waals surface area contributed by atoms with Crippen LogP contribution in [-0.2, 0) is 9.53 Å². The number of methoxy groups -OCH3 is 1. The molecule has 0 amide bonds. The lowest BCUT2D eigenvalue weighted by atomic mass is 10.1. The Morgan fingerprint density at radius 2 is 2.24 bits per heavy atom. The summed E-state index contributed by atoms with van der Waals surface area (Å²) in [6.07, 6.45) is 2.03. The van der Waals surface area contributed by atoms with E-state index in [1.54, 1.807) is 19.1 Å². The van der Waals surface area contributed by atoms with E-state index in [1.165, 1.54) is 13.2 Å². The first-order valence-corrected chi connectivity index (χ1v) is 5.73. The molecule has 3 nitrogen and oxygen atoms in total. The highest BCUT2D eigenvalue weighted by Gasteiger charge is 2.37. The Labute approximate surface area is 100.0 Å². The summed E-state index contributed by atoms with van der Waals surface area (Å²) in [7, 11) is 1.37. The largest absolute Gasteiger partial charge is 0.467 e. The molecule has 1 N–H and O–H groups in total. The first-order valence-electron chi connectivity index (χ1n) is 5.73. The smallest absolute Gasteiger partial charge is 0.328 e. The highest BCUT2D eigenvalue weighted by Crippen LogP contribution is 2.35. The maximum absolute atomic E-state index is 13.4. The van der Waals surface area contributed by atoms with Gasteiger partial charge in [-0.05, 0) is 37.8 Å². The molecule has 0 radical (unpaired) electrons. The topological polar surface area (TPSA) is 38.3 Å². The van der Waals surface area contributed by atoms with Gasteiger partial charge in [-0.25, -0.2) is 9.18 Å². The van der Waals surface area contributed by atoms with Crippen LogP contribution in [0.3, 0.4) is 0 Å². The molecule has 0 aromatic heterocycles. The van der Waals surface area contributed by atoms with Gasteiger partial charge in [0.15, 0.2) is 0 Å². The van der Waals surface area contributed by atoms with Crippen LogP contribution in [0.15, 0.2) is 18.2 Å². The van der Waals surface area contributed by atoms with Gasteiger partial charge in [0.2, 0.25) is 0 Å². The number of hydrogen-bond acceptors (Lipinski definition) is 3. The van der Waals surface area contributed by atoms with Crippen LogP contribution in [0.4, 0.5) is 10.1 Å². The van der Waals surface area contributed by atoms with E-state index in [9.17, 15) is 9.18 Å². The Morgan fingerprint density at radius 3 is 2.82 bits per heavy atom. The molecule has 1 aromatic rings. The SMILES string of the molecule is COC(=O)C(Nc1cccc(F)c1C)C1CC1. The average Bonchev–Trinajstić information content (AvgIpc) is 3.14. The highest BCUT2D eigenvalue weighted by atomic mass is 19.1. The molecule has 1 aromatic carbocycles.